The second kappa shape index (κ2) is 7.50. The van der Waals surface area contributed by atoms with Gasteiger partial charge in [0.05, 0.1) is 10.2 Å². The molecular formula is C16H21BrN4. The van der Waals surface area contributed by atoms with Crippen molar-refractivity contribution in [1.82, 2.24) is 15.0 Å². The largest absolute Gasteiger partial charge is 0.369 e. The summed E-state index contributed by atoms with van der Waals surface area (Å²) in [4.78, 5) is 13.7. The number of hydrogen-bond acceptors (Lipinski definition) is 4. The van der Waals surface area contributed by atoms with Crippen LogP contribution in [0.15, 0.2) is 22.8 Å². The van der Waals surface area contributed by atoms with Crippen LogP contribution in [0.3, 0.4) is 0 Å². The number of rotatable bonds is 6. The molecule has 2 aromatic rings. The predicted molar refractivity (Wildman–Crippen MR) is 90.5 cm³/mol. The van der Waals surface area contributed by atoms with Gasteiger partial charge in [0.2, 0.25) is 0 Å². The van der Waals surface area contributed by atoms with Crippen LogP contribution < -0.4 is 5.32 Å². The lowest BCUT2D eigenvalue weighted by Gasteiger charge is -2.12. The van der Waals surface area contributed by atoms with Gasteiger partial charge in [0, 0.05) is 12.7 Å². The molecule has 0 amide bonds. The molecule has 0 aliphatic rings. The van der Waals surface area contributed by atoms with E-state index in [1.807, 2.05) is 19.1 Å². The molecular weight excluding hydrogens is 328 g/mol. The number of aromatic nitrogens is 3. The van der Waals surface area contributed by atoms with Crippen molar-refractivity contribution < 1.29 is 0 Å². The molecule has 0 atom stereocenters. The molecule has 0 aromatic carbocycles. The fourth-order valence-corrected chi connectivity index (χ4v) is 2.55. The Morgan fingerprint density at radius 2 is 2.00 bits per heavy atom. The molecule has 0 saturated carbocycles. The van der Waals surface area contributed by atoms with Crippen LogP contribution in [0.25, 0.3) is 11.5 Å². The molecule has 112 valence electrons. The lowest BCUT2D eigenvalue weighted by atomic mass is 10.2. The summed E-state index contributed by atoms with van der Waals surface area (Å²) >= 11 is 3.63. The van der Waals surface area contributed by atoms with Gasteiger partial charge in [-0.3, -0.25) is 4.98 Å². The van der Waals surface area contributed by atoms with E-state index in [1.54, 1.807) is 6.20 Å². The van der Waals surface area contributed by atoms with Crippen molar-refractivity contribution in [2.75, 3.05) is 11.9 Å². The van der Waals surface area contributed by atoms with E-state index in [9.17, 15) is 0 Å². The fraction of sp³-hybridized carbons (Fsp3) is 0.438. The fourth-order valence-electron chi connectivity index (χ4n) is 2.03. The van der Waals surface area contributed by atoms with Gasteiger partial charge in [0.15, 0.2) is 5.82 Å². The van der Waals surface area contributed by atoms with Crippen LogP contribution in [0.4, 0.5) is 5.82 Å². The second-order valence-corrected chi connectivity index (χ2v) is 5.84. The first kappa shape index (κ1) is 15.9. The van der Waals surface area contributed by atoms with E-state index in [0.29, 0.717) is 5.82 Å². The molecule has 0 unspecified atom stereocenters. The van der Waals surface area contributed by atoms with E-state index < -0.39 is 0 Å². The van der Waals surface area contributed by atoms with E-state index in [0.717, 1.165) is 53.0 Å². The van der Waals surface area contributed by atoms with Gasteiger partial charge in [-0.1, -0.05) is 20.3 Å². The lowest BCUT2D eigenvalue weighted by molar-refractivity contribution is 0.863. The highest BCUT2D eigenvalue weighted by molar-refractivity contribution is 9.10. The van der Waals surface area contributed by atoms with Crippen LogP contribution in [-0.4, -0.2) is 21.5 Å². The van der Waals surface area contributed by atoms with Crippen LogP contribution in [0.2, 0.25) is 0 Å². The molecule has 4 nitrogen and oxygen atoms in total. The molecule has 2 heterocycles. The Morgan fingerprint density at radius 3 is 2.67 bits per heavy atom. The molecule has 1 N–H and O–H groups in total. The SMILES string of the molecule is CCCNc1nc(-c2cc(C)ccn2)nc(CCC)c1Br. The summed E-state index contributed by atoms with van der Waals surface area (Å²) in [6.45, 7) is 7.23. The number of halogens is 1. The Kier molecular flexibility index (Phi) is 5.67. The number of aryl methyl sites for hydroxylation is 2. The molecule has 0 radical (unpaired) electrons. The van der Waals surface area contributed by atoms with Gasteiger partial charge in [0.25, 0.3) is 0 Å². The topological polar surface area (TPSA) is 50.7 Å². The summed E-state index contributed by atoms with van der Waals surface area (Å²) in [5.74, 6) is 1.54. The van der Waals surface area contributed by atoms with Gasteiger partial charge in [-0.25, -0.2) is 9.97 Å². The van der Waals surface area contributed by atoms with Gasteiger partial charge in [-0.2, -0.15) is 0 Å². The van der Waals surface area contributed by atoms with Crippen molar-refractivity contribution in [3.63, 3.8) is 0 Å². The first-order valence-corrected chi connectivity index (χ1v) is 8.18. The molecule has 0 aliphatic heterocycles. The highest BCUT2D eigenvalue weighted by Gasteiger charge is 2.13. The van der Waals surface area contributed by atoms with E-state index in [-0.39, 0.29) is 0 Å². The molecule has 0 aliphatic carbocycles. The third-order valence-electron chi connectivity index (χ3n) is 3.09. The van der Waals surface area contributed by atoms with Crippen molar-refractivity contribution in [3.8, 4) is 11.5 Å². The van der Waals surface area contributed by atoms with Crippen molar-refractivity contribution in [2.45, 2.75) is 40.0 Å². The summed E-state index contributed by atoms with van der Waals surface area (Å²) in [5.41, 5.74) is 3.01. The molecule has 0 fully saturated rings. The van der Waals surface area contributed by atoms with Crippen LogP contribution in [0.1, 0.15) is 37.9 Å². The third kappa shape index (κ3) is 4.00. The third-order valence-corrected chi connectivity index (χ3v) is 3.93. The van der Waals surface area contributed by atoms with E-state index in [2.05, 4.69) is 50.0 Å². The average molecular weight is 349 g/mol. The Hall–Kier alpha value is -1.49. The van der Waals surface area contributed by atoms with Gasteiger partial charge in [-0.15, -0.1) is 0 Å². The molecule has 2 rings (SSSR count). The van der Waals surface area contributed by atoms with Crippen molar-refractivity contribution in [1.29, 1.82) is 0 Å². The maximum atomic E-state index is 4.68. The van der Waals surface area contributed by atoms with Crippen LogP contribution in [0, 0.1) is 6.92 Å². The van der Waals surface area contributed by atoms with Gasteiger partial charge >= 0.3 is 0 Å². The zero-order valence-electron chi connectivity index (χ0n) is 12.8. The first-order chi connectivity index (χ1) is 10.2. The second-order valence-electron chi connectivity index (χ2n) is 5.05. The van der Waals surface area contributed by atoms with Gasteiger partial charge in [0.1, 0.15) is 11.5 Å². The number of anilines is 1. The van der Waals surface area contributed by atoms with E-state index >= 15 is 0 Å². The molecule has 0 spiro atoms. The summed E-state index contributed by atoms with van der Waals surface area (Å²) < 4.78 is 0.967. The zero-order valence-corrected chi connectivity index (χ0v) is 14.4. The molecule has 21 heavy (non-hydrogen) atoms. The van der Waals surface area contributed by atoms with Crippen molar-refractivity contribution in [3.05, 3.63) is 34.1 Å². The smallest absolute Gasteiger partial charge is 0.180 e. The minimum Gasteiger partial charge on any atom is -0.369 e. The van der Waals surface area contributed by atoms with Crippen LogP contribution in [-0.2, 0) is 6.42 Å². The normalized spacial score (nSPS) is 10.7. The van der Waals surface area contributed by atoms with Gasteiger partial charge < -0.3 is 5.32 Å². The Bertz CT molecular complexity index is 613. The quantitative estimate of drug-likeness (QED) is 0.841. The van der Waals surface area contributed by atoms with E-state index in [4.69, 9.17) is 0 Å². The minimum atomic E-state index is 0.684. The summed E-state index contributed by atoms with van der Waals surface area (Å²) in [6, 6.07) is 3.99. The van der Waals surface area contributed by atoms with Crippen molar-refractivity contribution in [2.24, 2.45) is 0 Å². The first-order valence-electron chi connectivity index (χ1n) is 7.39. The van der Waals surface area contributed by atoms with E-state index in [1.165, 1.54) is 0 Å². The Balaban J connectivity index is 2.47. The number of nitrogens with zero attached hydrogens (tertiary/aromatic N) is 3. The summed E-state index contributed by atoms with van der Waals surface area (Å²) in [5, 5.41) is 3.36. The zero-order chi connectivity index (χ0) is 15.2. The summed E-state index contributed by atoms with van der Waals surface area (Å²) in [7, 11) is 0. The Morgan fingerprint density at radius 1 is 1.19 bits per heavy atom. The highest BCUT2D eigenvalue weighted by Crippen LogP contribution is 2.27. The number of pyridine rings is 1. The lowest BCUT2D eigenvalue weighted by Crippen LogP contribution is -2.08. The molecule has 0 bridgehead atoms. The van der Waals surface area contributed by atoms with Gasteiger partial charge in [-0.05, 0) is 53.4 Å². The molecule has 2 aromatic heterocycles. The average Bonchev–Trinajstić information content (AvgIpc) is 2.48. The predicted octanol–water partition coefficient (Wildman–Crippen LogP) is 4.38. The standard InChI is InChI=1S/C16H21BrN4/c1-4-6-12-14(17)16(19-8-5-2)21-15(20-12)13-10-11(3)7-9-18-13/h7,9-10H,4-6,8H2,1-3H3,(H,19,20,21). The number of hydrogen-bond donors (Lipinski definition) is 1. The van der Waals surface area contributed by atoms with Crippen molar-refractivity contribution >= 4 is 21.7 Å². The maximum Gasteiger partial charge on any atom is 0.180 e. The maximum absolute atomic E-state index is 4.68. The molecule has 0 saturated heterocycles. The monoisotopic (exact) mass is 348 g/mol. The number of nitrogens with one attached hydrogen (secondary N) is 1. The summed E-state index contributed by atoms with van der Waals surface area (Å²) in [6.07, 6.45) is 4.82. The molecule has 5 heteroatoms. The minimum absolute atomic E-state index is 0.684. The van der Waals surface area contributed by atoms with Crippen LogP contribution >= 0.6 is 15.9 Å². The Labute approximate surface area is 134 Å². The van der Waals surface area contributed by atoms with Crippen LogP contribution in [0.5, 0.6) is 0 Å². The highest BCUT2D eigenvalue weighted by atomic mass is 79.9.